The fourth-order valence-corrected chi connectivity index (χ4v) is 1.80. The number of benzene rings is 1. The molecule has 0 spiro atoms. The van der Waals surface area contributed by atoms with E-state index < -0.39 is 0 Å². The van der Waals surface area contributed by atoms with Gasteiger partial charge in [0.1, 0.15) is 0 Å². The van der Waals surface area contributed by atoms with E-state index in [-0.39, 0.29) is 6.03 Å². The van der Waals surface area contributed by atoms with Gasteiger partial charge in [0.15, 0.2) is 0 Å². The van der Waals surface area contributed by atoms with Gasteiger partial charge >= 0.3 is 6.03 Å². The van der Waals surface area contributed by atoms with Crippen molar-refractivity contribution in [1.29, 1.82) is 5.26 Å². The van der Waals surface area contributed by atoms with Crippen LogP contribution in [0.25, 0.3) is 0 Å². The van der Waals surface area contributed by atoms with Gasteiger partial charge in [-0.15, -0.1) is 11.6 Å². The zero-order chi connectivity index (χ0) is 12.7. The Labute approximate surface area is 113 Å². The number of hydrogen-bond acceptors (Lipinski definition) is 2. The molecule has 17 heavy (non-hydrogen) atoms. The van der Waals surface area contributed by atoms with E-state index in [1.54, 1.807) is 18.2 Å². The van der Waals surface area contributed by atoms with E-state index in [2.05, 4.69) is 26.6 Å². The topological polar surface area (TPSA) is 64.9 Å². The molecule has 0 saturated carbocycles. The summed E-state index contributed by atoms with van der Waals surface area (Å²) < 4.78 is 0.743. The van der Waals surface area contributed by atoms with Crippen LogP contribution in [0.1, 0.15) is 12.0 Å². The average Bonchev–Trinajstić information content (AvgIpc) is 2.28. The molecular formula is C11H11BrClN3O. The van der Waals surface area contributed by atoms with Gasteiger partial charge < -0.3 is 10.6 Å². The van der Waals surface area contributed by atoms with Crippen molar-refractivity contribution < 1.29 is 4.79 Å². The standard InChI is InChI=1S/C11H11BrClN3O/c12-9-4-8(7-14)5-10(6-9)16-11(17)15-3-1-2-13/h4-6H,1-3H2,(H2,15,16,17). The second-order valence-corrected chi connectivity index (χ2v) is 4.56. The smallest absolute Gasteiger partial charge is 0.319 e. The number of hydrogen-bond donors (Lipinski definition) is 2. The van der Waals surface area contributed by atoms with Crippen LogP contribution >= 0.6 is 27.5 Å². The quantitative estimate of drug-likeness (QED) is 0.662. The van der Waals surface area contributed by atoms with E-state index in [1.165, 1.54) is 0 Å². The monoisotopic (exact) mass is 315 g/mol. The average molecular weight is 317 g/mol. The zero-order valence-corrected chi connectivity index (χ0v) is 11.3. The maximum atomic E-state index is 11.4. The number of halogens is 2. The molecule has 6 heteroatoms. The van der Waals surface area contributed by atoms with Gasteiger partial charge in [-0.2, -0.15) is 5.26 Å². The number of nitriles is 1. The molecule has 1 aromatic carbocycles. The van der Waals surface area contributed by atoms with Crippen molar-refractivity contribution in [1.82, 2.24) is 5.32 Å². The molecule has 0 unspecified atom stereocenters. The minimum absolute atomic E-state index is 0.308. The number of carbonyl (C=O) groups is 1. The summed E-state index contributed by atoms with van der Waals surface area (Å²) in [5.41, 5.74) is 1.05. The summed E-state index contributed by atoms with van der Waals surface area (Å²) in [6.07, 6.45) is 0.719. The number of amides is 2. The highest BCUT2D eigenvalue weighted by Crippen LogP contribution is 2.18. The largest absolute Gasteiger partial charge is 0.338 e. The Balaban J connectivity index is 2.59. The lowest BCUT2D eigenvalue weighted by Gasteiger charge is -2.07. The lowest BCUT2D eigenvalue weighted by molar-refractivity contribution is 0.252. The molecular weight excluding hydrogens is 305 g/mol. The summed E-state index contributed by atoms with van der Waals surface area (Å²) in [6.45, 7) is 0.522. The highest BCUT2D eigenvalue weighted by atomic mass is 79.9. The van der Waals surface area contributed by atoms with E-state index in [1.807, 2.05) is 6.07 Å². The van der Waals surface area contributed by atoms with E-state index >= 15 is 0 Å². The molecule has 0 radical (unpaired) electrons. The molecule has 0 heterocycles. The van der Waals surface area contributed by atoms with Gasteiger partial charge in [0.2, 0.25) is 0 Å². The molecule has 0 aliphatic heterocycles. The van der Waals surface area contributed by atoms with Gasteiger partial charge in [-0.05, 0) is 24.6 Å². The molecule has 2 amide bonds. The highest BCUT2D eigenvalue weighted by molar-refractivity contribution is 9.10. The number of alkyl halides is 1. The Morgan fingerprint density at radius 1 is 1.47 bits per heavy atom. The number of urea groups is 1. The Hall–Kier alpha value is -1.25. The van der Waals surface area contributed by atoms with Crippen molar-refractivity contribution in [2.45, 2.75) is 6.42 Å². The molecule has 90 valence electrons. The number of anilines is 1. The van der Waals surface area contributed by atoms with Crippen LogP contribution in [0.15, 0.2) is 22.7 Å². The van der Waals surface area contributed by atoms with Crippen molar-refractivity contribution in [2.24, 2.45) is 0 Å². The van der Waals surface area contributed by atoms with Crippen molar-refractivity contribution in [3.05, 3.63) is 28.2 Å². The predicted octanol–water partition coefficient (Wildman–Crippen LogP) is 3.07. The summed E-state index contributed by atoms with van der Waals surface area (Å²) in [4.78, 5) is 11.4. The Kier molecular flexibility index (Phi) is 5.81. The molecule has 0 fully saturated rings. The van der Waals surface area contributed by atoms with E-state index in [4.69, 9.17) is 16.9 Å². The predicted molar refractivity (Wildman–Crippen MR) is 71.2 cm³/mol. The van der Waals surface area contributed by atoms with Crippen molar-refractivity contribution in [3.63, 3.8) is 0 Å². The summed E-state index contributed by atoms with van der Waals surface area (Å²) >= 11 is 8.76. The molecule has 0 aliphatic rings. The minimum atomic E-state index is -0.308. The Morgan fingerprint density at radius 2 is 2.24 bits per heavy atom. The molecule has 0 bridgehead atoms. The third-order valence-corrected chi connectivity index (χ3v) is 2.61. The van der Waals surface area contributed by atoms with Gasteiger partial charge in [0, 0.05) is 22.6 Å². The second kappa shape index (κ2) is 7.15. The second-order valence-electron chi connectivity index (χ2n) is 3.26. The molecule has 1 rings (SSSR count). The van der Waals surface area contributed by atoms with Gasteiger partial charge in [-0.3, -0.25) is 0 Å². The molecule has 1 aromatic rings. The third-order valence-electron chi connectivity index (χ3n) is 1.88. The van der Waals surface area contributed by atoms with Crippen molar-refractivity contribution in [2.75, 3.05) is 17.7 Å². The summed E-state index contributed by atoms with van der Waals surface area (Å²) in [6, 6.07) is 6.71. The van der Waals surface area contributed by atoms with Crippen LogP contribution in [0, 0.1) is 11.3 Å². The van der Waals surface area contributed by atoms with Crippen molar-refractivity contribution >= 4 is 39.2 Å². The number of carbonyl (C=O) groups excluding carboxylic acids is 1. The first kappa shape index (κ1) is 13.8. The number of nitrogens with zero attached hydrogens (tertiary/aromatic N) is 1. The summed E-state index contributed by atoms with van der Waals surface area (Å²) in [7, 11) is 0. The van der Waals surface area contributed by atoms with Crippen LogP contribution in [0.4, 0.5) is 10.5 Å². The van der Waals surface area contributed by atoms with E-state index in [0.29, 0.717) is 23.7 Å². The van der Waals surface area contributed by atoms with Crippen LogP contribution < -0.4 is 10.6 Å². The Morgan fingerprint density at radius 3 is 2.88 bits per heavy atom. The first-order chi connectivity index (χ1) is 8.15. The minimum Gasteiger partial charge on any atom is -0.338 e. The van der Waals surface area contributed by atoms with Crippen LogP contribution in [0.5, 0.6) is 0 Å². The van der Waals surface area contributed by atoms with Gasteiger partial charge in [-0.1, -0.05) is 15.9 Å². The van der Waals surface area contributed by atoms with Crippen LogP contribution in [-0.4, -0.2) is 18.5 Å². The third kappa shape index (κ3) is 5.07. The maximum Gasteiger partial charge on any atom is 0.319 e. The summed E-state index contributed by atoms with van der Waals surface area (Å²) in [5, 5.41) is 14.1. The highest BCUT2D eigenvalue weighted by Gasteiger charge is 2.03. The van der Waals surface area contributed by atoms with Gasteiger partial charge in [0.25, 0.3) is 0 Å². The molecule has 4 nitrogen and oxygen atoms in total. The fourth-order valence-electron chi connectivity index (χ4n) is 1.17. The molecule has 0 atom stereocenters. The lowest BCUT2D eigenvalue weighted by atomic mass is 10.2. The molecule has 2 N–H and O–H groups in total. The van der Waals surface area contributed by atoms with Gasteiger partial charge in [0.05, 0.1) is 11.6 Å². The number of nitrogens with one attached hydrogen (secondary N) is 2. The molecule has 0 aromatic heterocycles. The molecule has 0 aliphatic carbocycles. The SMILES string of the molecule is N#Cc1cc(Br)cc(NC(=O)NCCCCl)c1. The van der Waals surface area contributed by atoms with Crippen LogP contribution in [-0.2, 0) is 0 Å². The Bertz CT molecular complexity index is 445. The van der Waals surface area contributed by atoms with Crippen molar-refractivity contribution in [3.8, 4) is 6.07 Å². The van der Waals surface area contributed by atoms with E-state index in [0.717, 1.165) is 10.9 Å². The van der Waals surface area contributed by atoms with Crippen LogP contribution in [0.2, 0.25) is 0 Å². The van der Waals surface area contributed by atoms with E-state index in [9.17, 15) is 4.79 Å². The normalized spacial score (nSPS) is 9.47. The first-order valence-corrected chi connectivity index (χ1v) is 6.30. The van der Waals surface area contributed by atoms with Gasteiger partial charge in [-0.25, -0.2) is 4.79 Å². The number of rotatable bonds is 4. The zero-order valence-electron chi connectivity index (χ0n) is 8.96. The first-order valence-electron chi connectivity index (χ1n) is 4.97. The maximum absolute atomic E-state index is 11.4. The fraction of sp³-hybridized carbons (Fsp3) is 0.273. The summed E-state index contributed by atoms with van der Waals surface area (Å²) in [5.74, 6) is 0.510. The van der Waals surface area contributed by atoms with Crippen LogP contribution in [0.3, 0.4) is 0 Å². The lowest BCUT2D eigenvalue weighted by Crippen LogP contribution is -2.29. The molecule has 0 saturated heterocycles.